The molecule has 6 heteroatoms. The second kappa shape index (κ2) is 4.94. The number of hydrogen-bond acceptors (Lipinski definition) is 3. The Labute approximate surface area is 94.5 Å². The van der Waals surface area contributed by atoms with Crippen LogP contribution in [0.1, 0.15) is 11.6 Å². The van der Waals surface area contributed by atoms with Gasteiger partial charge in [0.2, 0.25) is 10.0 Å². The molecule has 1 atom stereocenters. The van der Waals surface area contributed by atoms with Crippen LogP contribution < -0.4 is 10.5 Å². The number of nitrogens with two attached hydrogens (primary N) is 1. The van der Waals surface area contributed by atoms with Crippen LogP contribution in [0.4, 0.5) is 0 Å². The highest BCUT2D eigenvalue weighted by atomic mass is 35.5. The standard InChI is InChI=1S/C9H13ClN2O2S/c1-15(13,14)12-9(6-11)7-4-2-3-5-8(7)10/h2-5,9,12H,6,11H2,1H3/t9-/m0/s1. The average Bonchev–Trinajstić information content (AvgIpc) is 2.14. The molecule has 0 saturated heterocycles. The first-order valence-corrected chi connectivity index (χ1v) is 6.63. The van der Waals surface area contributed by atoms with Crippen LogP contribution in [-0.4, -0.2) is 21.2 Å². The summed E-state index contributed by atoms with van der Waals surface area (Å²) in [4.78, 5) is 0. The number of halogens is 1. The van der Waals surface area contributed by atoms with Crippen LogP contribution in [0, 0.1) is 0 Å². The zero-order valence-corrected chi connectivity index (χ0v) is 9.85. The molecule has 0 fully saturated rings. The molecule has 1 aromatic carbocycles. The Kier molecular flexibility index (Phi) is 4.10. The molecule has 0 amide bonds. The quantitative estimate of drug-likeness (QED) is 0.831. The zero-order chi connectivity index (χ0) is 11.5. The molecule has 0 bridgehead atoms. The largest absolute Gasteiger partial charge is 0.329 e. The average molecular weight is 249 g/mol. The molecule has 0 heterocycles. The van der Waals surface area contributed by atoms with Crippen molar-refractivity contribution in [1.82, 2.24) is 4.72 Å². The minimum absolute atomic E-state index is 0.163. The van der Waals surface area contributed by atoms with Crippen molar-refractivity contribution in [3.05, 3.63) is 34.9 Å². The van der Waals surface area contributed by atoms with E-state index in [9.17, 15) is 8.42 Å². The molecule has 0 aliphatic carbocycles. The summed E-state index contributed by atoms with van der Waals surface area (Å²) < 4.78 is 24.6. The SMILES string of the molecule is CS(=O)(=O)N[C@@H](CN)c1ccccc1Cl. The summed E-state index contributed by atoms with van der Waals surface area (Å²) in [6.07, 6.45) is 1.09. The predicted octanol–water partition coefficient (Wildman–Crippen LogP) is 0.889. The van der Waals surface area contributed by atoms with E-state index in [4.69, 9.17) is 17.3 Å². The molecule has 1 aromatic rings. The monoisotopic (exact) mass is 248 g/mol. The topological polar surface area (TPSA) is 72.2 Å². The van der Waals surface area contributed by atoms with E-state index in [0.29, 0.717) is 10.6 Å². The van der Waals surface area contributed by atoms with Gasteiger partial charge in [0.15, 0.2) is 0 Å². The smallest absolute Gasteiger partial charge is 0.209 e. The van der Waals surface area contributed by atoms with Crippen molar-refractivity contribution in [2.45, 2.75) is 6.04 Å². The Bertz CT molecular complexity index is 433. The minimum atomic E-state index is -3.29. The van der Waals surface area contributed by atoms with Gasteiger partial charge in [-0.2, -0.15) is 0 Å². The van der Waals surface area contributed by atoms with Crippen LogP contribution in [0.15, 0.2) is 24.3 Å². The Hall–Kier alpha value is -0.620. The van der Waals surface area contributed by atoms with E-state index < -0.39 is 16.1 Å². The highest BCUT2D eigenvalue weighted by Crippen LogP contribution is 2.22. The second-order valence-corrected chi connectivity index (χ2v) is 5.39. The molecule has 0 unspecified atom stereocenters. The van der Waals surface area contributed by atoms with Crippen LogP contribution in [-0.2, 0) is 10.0 Å². The van der Waals surface area contributed by atoms with Crippen molar-refractivity contribution in [3.8, 4) is 0 Å². The Balaban J connectivity index is 2.98. The summed E-state index contributed by atoms with van der Waals surface area (Å²) in [7, 11) is -3.29. The van der Waals surface area contributed by atoms with E-state index in [1.165, 1.54) is 0 Å². The molecule has 0 spiro atoms. The van der Waals surface area contributed by atoms with Crippen molar-refractivity contribution in [2.75, 3.05) is 12.8 Å². The number of sulfonamides is 1. The van der Waals surface area contributed by atoms with E-state index in [2.05, 4.69) is 4.72 Å². The molecule has 0 saturated carbocycles. The van der Waals surface area contributed by atoms with Crippen LogP contribution in [0.2, 0.25) is 5.02 Å². The van der Waals surface area contributed by atoms with Crippen LogP contribution in [0.5, 0.6) is 0 Å². The summed E-state index contributed by atoms with van der Waals surface area (Å²) in [6, 6.07) is 6.53. The van der Waals surface area contributed by atoms with Gasteiger partial charge in [-0.3, -0.25) is 0 Å². The van der Waals surface area contributed by atoms with Gasteiger partial charge in [0, 0.05) is 11.6 Å². The molecular formula is C9H13ClN2O2S. The van der Waals surface area contributed by atoms with Crippen molar-refractivity contribution < 1.29 is 8.42 Å². The van der Waals surface area contributed by atoms with Gasteiger partial charge in [0.25, 0.3) is 0 Å². The molecule has 84 valence electrons. The third-order valence-corrected chi connectivity index (χ3v) is 2.93. The molecular weight excluding hydrogens is 236 g/mol. The lowest BCUT2D eigenvalue weighted by atomic mass is 10.1. The first-order chi connectivity index (χ1) is 6.94. The summed E-state index contributed by atoms with van der Waals surface area (Å²) in [5.74, 6) is 0. The number of hydrogen-bond donors (Lipinski definition) is 2. The van der Waals surface area contributed by atoms with Gasteiger partial charge in [-0.05, 0) is 11.6 Å². The third-order valence-electron chi connectivity index (χ3n) is 1.87. The van der Waals surface area contributed by atoms with Gasteiger partial charge in [0.1, 0.15) is 0 Å². The normalized spacial score (nSPS) is 13.8. The highest BCUT2D eigenvalue weighted by molar-refractivity contribution is 7.88. The molecule has 0 radical (unpaired) electrons. The van der Waals surface area contributed by atoms with E-state index in [1.807, 2.05) is 0 Å². The fraction of sp³-hybridized carbons (Fsp3) is 0.333. The lowest BCUT2D eigenvalue weighted by Gasteiger charge is -2.16. The Morgan fingerprint density at radius 1 is 1.47 bits per heavy atom. The number of benzene rings is 1. The van der Waals surface area contributed by atoms with Gasteiger partial charge in [-0.15, -0.1) is 0 Å². The third kappa shape index (κ3) is 3.79. The Morgan fingerprint density at radius 2 is 2.07 bits per heavy atom. The van der Waals surface area contributed by atoms with Crippen molar-refractivity contribution in [3.63, 3.8) is 0 Å². The van der Waals surface area contributed by atoms with E-state index in [1.54, 1.807) is 24.3 Å². The second-order valence-electron chi connectivity index (χ2n) is 3.20. The first kappa shape index (κ1) is 12.4. The highest BCUT2D eigenvalue weighted by Gasteiger charge is 2.16. The molecule has 0 aromatic heterocycles. The maximum atomic E-state index is 11.1. The molecule has 3 N–H and O–H groups in total. The lowest BCUT2D eigenvalue weighted by molar-refractivity contribution is 0.564. The minimum Gasteiger partial charge on any atom is -0.329 e. The number of nitrogens with one attached hydrogen (secondary N) is 1. The van der Waals surface area contributed by atoms with Crippen LogP contribution in [0.25, 0.3) is 0 Å². The van der Waals surface area contributed by atoms with E-state index in [-0.39, 0.29) is 6.54 Å². The lowest BCUT2D eigenvalue weighted by Crippen LogP contribution is -2.32. The fourth-order valence-electron chi connectivity index (χ4n) is 1.25. The van der Waals surface area contributed by atoms with E-state index >= 15 is 0 Å². The maximum Gasteiger partial charge on any atom is 0.209 e. The van der Waals surface area contributed by atoms with Crippen LogP contribution in [0.3, 0.4) is 0 Å². The maximum absolute atomic E-state index is 11.1. The predicted molar refractivity (Wildman–Crippen MR) is 61.2 cm³/mol. The molecule has 0 aliphatic rings. The van der Waals surface area contributed by atoms with Gasteiger partial charge >= 0.3 is 0 Å². The summed E-state index contributed by atoms with van der Waals surface area (Å²) in [5.41, 5.74) is 6.18. The van der Waals surface area contributed by atoms with Gasteiger partial charge in [-0.25, -0.2) is 13.1 Å². The molecule has 0 aliphatic heterocycles. The number of rotatable bonds is 4. The van der Waals surface area contributed by atoms with Gasteiger partial charge in [-0.1, -0.05) is 29.8 Å². The molecule has 4 nitrogen and oxygen atoms in total. The summed E-state index contributed by atoms with van der Waals surface area (Å²) in [6.45, 7) is 0.163. The van der Waals surface area contributed by atoms with Gasteiger partial charge < -0.3 is 5.73 Å². The van der Waals surface area contributed by atoms with Crippen molar-refractivity contribution >= 4 is 21.6 Å². The van der Waals surface area contributed by atoms with Gasteiger partial charge in [0.05, 0.1) is 12.3 Å². The fourth-order valence-corrected chi connectivity index (χ4v) is 2.26. The summed E-state index contributed by atoms with van der Waals surface area (Å²) >= 11 is 5.94. The summed E-state index contributed by atoms with van der Waals surface area (Å²) in [5, 5.41) is 0.504. The Morgan fingerprint density at radius 3 is 2.53 bits per heavy atom. The van der Waals surface area contributed by atoms with Crippen molar-refractivity contribution in [2.24, 2.45) is 5.73 Å². The van der Waals surface area contributed by atoms with E-state index in [0.717, 1.165) is 6.26 Å². The first-order valence-electron chi connectivity index (χ1n) is 4.36. The zero-order valence-electron chi connectivity index (χ0n) is 8.27. The molecule has 1 rings (SSSR count). The van der Waals surface area contributed by atoms with Crippen LogP contribution >= 0.6 is 11.6 Å². The molecule has 15 heavy (non-hydrogen) atoms. The van der Waals surface area contributed by atoms with Crippen molar-refractivity contribution in [1.29, 1.82) is 0 Å².